The molecule has 0 radical (unpaired) electrons. The number of halogens is 1. The normalized spacial score (nSPS) is 17.2. The van der Waals surface area contributed by atoms with E-state index in [9.17, 15) is 13.2 Å². The van der Waals surface area contributed by atoms with Gasteiger partial charge >= 0.3 is 0 Å². The van der Waals surface area contributed by atoms with Gasteiger partial charge in [0.1, 0.15) is 0 Å². The largest absolute Gasteiger partial charge is 0.338 e. The minimum atomic E-state index is -3.70. The molecule has 0 N–H and O–H groups in total. The molecule has 1 fully saturated rings. The first kappa shape index (κ1) is 21.8. The van der Waals surface area contributed by atoms with Gasteiger partial charge in [-0.05, 0) is 36.6 Å². The van der Waals surface area contributed by atoms with Crippen molar-refractivity contribution in [3.05, 3.63) is 70.7 Å². The summed E-state index contributed by atoms with van der Waals surface area (Å²) in [5, 5.41) is 0.612. The molecule has 29 heavy (non-hydrogen) atoms. The average molecular weight is 436 g/mol. The van der Waals surface area contributed by atoms with E-state index in [-0.39, 0.29) is 19.0 Å². The molecule has 1 amide bonds. The fraction of sp³-hybridized carbons (Fsp3) is 0.381. The van der Waals surface area contributed by atoms with Crippen molar-refractivity contribution in [3.63, 3.8) is 0 Å². The Labute approximate surface area is 177 Å². The van der Waals surface area contributed by atoms with Gasteiger partial charge in [-0.3, -0.25) is 4.79 Å². The van der Waals surface area contributed by atoms with Crippen molar-refractivity contribution in [2.24, 2.45) is 0 Å². The number of carbonyl (C=O) groups is 1. The summed E-state index contributed by atoms with van der Waals surface area (Å²) < 4.78 is 28.8. The zero-order chi connectivity index (χ0) is 20.9. The Balaban J connectivity index is 1.67. The van der Waals surface area contributed by atoms with Crippen LogP contribution in [-0.4, -0.2) is 54.0 Å². The van der Waals surface area contributed by atoms with Gasteiger partial charge < -0.3 is 4.90 Å². The topological polar surface area (TPSA) is 60.9 Å². The molecule has 0 aliphatic carbocycles. The molecule has 8 heteroatoms. The van der Waals surface area contributed by atoms with Crippen LogP contribution in [0.1, 0.15) is 24.5 Å². The van der Waals surface area contributed by atoms with Crippen LogP contribution in [0.25, 0.3) is 0 Å². The zero-order valence-corrected chi connectivity index (χ0v) is 18.1. The number of hydrogen-bond acceptors (Lipinski definition) is 3. The number of nitrogens with zero attached hydrogens (tertiary/aromatic N) is 3. The fourth-order valence-electron chi connectivity index (χ4n) is 3.36. The van der Waals surface area contributed by atoms with Crippen molar-refractivity contribution in [2.75, 3.05) is 26.2 Å². The predicted octanol–water partition coefficient (Wildman–Crippen LogP) is 3.14. The van der Waals surface area contributed by atoms with Crippen molar-refractivity contribution < 1.29 is 13.2 Å². The molecule has 0 atom stereocenters. The standard InChI is InChI=1S/C21H26ClN3O3S/c1-2-23(15-18-7-4-3-5-8-18)21(26)17-25-14-6-13-24(29(25,27)28)16-19-9-11-20(22)12-10-19/h3-5,7-12H,2,6,13-17H2,1H3. The first-order valence-electron chi connectivity index (χ1n) is 9.71. The van der Waals surface area contributed by atoms with Gasteiger partial charge in [0.05, 0.1) is 6.54 Å². The van der Waals surface area contributed by atoms with Gasteiger partial charge in [0, 0.05) is 37.7 Å². The van der Waals surface area contributed by atoms with Gasteiger partial charge in [-0.1, -0.05) is 54.1 Å². The highest BCUT2D eigenvalue weighted by Gasteiger charge is 2.35. The maximum atomic E-state index is 13.0. The van der Waals surface area contributed by atoms with Crippen LogP contribution in [-0.2, 0) is 28.1 Å². The van der Waals surface area contributed by atoms with Gasteiger partial charge in [0.2, 0.25) is 5.91 Å². The lowest BCUT2D eigenvalue weighted by molar-refractivity contribution is -0.132. The molecule has 2 aromatic rings. The summed E-state index contributed by atoms with van der Waals surface area (Å²) in [7, 11) is -3.70. The van der Waals surface area contributed by atoms with E-state index in [0.29, 0.717) is 37.6 Å². The Kier molecular flexibility index (Phi) is 7.29. The van der Waals surface area contributed by atoms with Gasteiger partial charge in [0.25, 0.3) is 10.2 Å². The summed E-state index contributed by atoms with van der Waals surface area (Å²) in [6.45, 7) is 3.82. The molecule has 3 rings (SSSR count). The third-order valence-corrected chi connectivity index (χ3v) is 7.18. The smallest absolute Gasteiger partial charge is 0.282 e. The third kappa shape index (κ3) is 5.57. The van der Waals surface area contributed by atoms with Crippen molar-refractivity contribution in [1.82, 2.24) is 13.5 Å². The summed E-state index contributed by atoms with van der Waals surface area (Å²) in [5.74, 6) is -0.187. The number of likely N-dealkylation sites (N-methyl/N-ethyl adjacent to an activating group) is 1. The third-order valence-electron chi connectivity index (χ3n) is 5.00. The lowest BCUT2D eigenvalue weighted by atomic mass is 10.2. The SMILES string of the molecule is CCN(Cc1ccccc1)C(=O)CN1CCCN(Cc2ccc(Cl)cc2)S1(=O)=O. The van der Waals surface area contributed by atoms with Crippen LogP contribution < -0.4 is 0 Å². The minimum Gasteiger partial charge on any atom is -0.338 e. The van der Waals surface area contributed by atoms with E-state index in [2.05, 4.69) is 0 Å². The number of carbonyl (C=O) groups excluding carboxylic acids is 1. The highest BCUT2D eigenvalue weighted by Crippen LogP contribution is 2.20. The Morgan fingerprint density at radius 1 is 1.00 bits per heavy atom. The Hall–Kier alpha value is -1.93. The monoisotopic (exact) mass is 435 g/mol. The summed E-state index contributed by atoms with van der Waals surface area (Å²) in [5.41, 5.74) is 1.89. The molecule has 1 saturated heterocycles. The lowest BCUT2D eigenvalue weighted by Crippen LogP contribution is -2.52. The van der Waals surface area contributed by atoms with Crippen LogP contribution in [0, 0.1) is 0 Å². The van der Waals surface area contributed by atoms with Crippen LogP contribution >= 0.6 is 11.6 Å². The number of hydrogen-bond donors (Lipinski definition) is 0. The first-order chi connectivity index (χ1) is 13.9. The summed E-state index contributed by atoms with van der Waals surface area (Å²) in [6.07, 6.45) is 0.685. The van der Waals surface area contributed by atoms with E-state index in [1.54, 1.807) is 17.0 Å². The molecule has 1 aliphatic rings. The fourth-order valence-corrected chi connectivity index (χ4v) is 5.12. The molecule has 1 aliphatic heterocycles. The second kappa shape index (κ2) is 9.71. The summed E-state index contributed by atoms with van der Waals surface area (Å²) >= 11 is 5.91. The lowest BCUT2D eigenvalue weighted by Gasteiger charge is -2.35. The van der Waals surface area contributed by atoms with Crippen LogP contribution in [0.15, 0.2) is 54.6 Å². The van der Waals surface area contributed by atoms with E-state index >= 15 is 0 Å². The molecular weight excluding hydrogens is 410 g/mol. The van der Waals surface area contributed by atoms with Gasteiger partial charge in [-0.15, -0.1) is 0 Å². The van der Waals surface area contributed by atoms with Crippen molar-refractivity contribution in [1.29, 1.82) is 0 Å². The van der Waals surface area contributed by atoms with Crippen molar-refractivity contribution in [2.45, 2.75) is 26.4 Å². The minimum absolute atomic E-state index is 0.139. The van der Waals surface area contributed by atoms with E-state index in [1.165, 1.54) is 8.61 Å². The Morgan fingerprint density at radius 3 is 2.31 bits per heavy atom. The molecule has 0 unspecified atom stereocenters. The molecule has 6 nitrogen and oxygen atoms in total. The molecule has 0 bridgehead atoms. The second-order valence-corrected chi connectivity index (χ2v) is 9.41. The first-order valence-corrected chi connectivity index (χ1v) is 11.5. The van der Waals surface area contributed by atoms with Crippen LogP contribution in [0.5, 0.6) is 0 Å². The highest BCUT2D eigenvalue weighted by molar-refractivity contribution is 7.86. The molecule has 0 aromatic heterocycles. The molecule has 156 valence electrons. The van der Waals surface area contributed by atoms with Gasteiger partial charge in [-0.25, -0.2) is 0 Å². The molecule has 0 spiro atoms. The summed E-state index contributed by atoms with van der Waals surface area (Å²) in [4.78, 5) is 14.5. The second-order valence-electron chi connectivity index (χ2n) is 7.05. The number of rotatable bonds is 7. The zero-order valence-electron chi connectivity index (χ0n) is 16.5. The number of benzene rings is 2. The van der Waals surface area contributed by atoms with Gasteiger partial charge in [0.15, 0.2) is 0 Å². The van der Waals surface area contributed by atoms with Gasteiger partial charge in [-0.2, -0.15) is 17.0 Å². The Bertz CT molecular complexity index is 920. The van der Waals surface area contributed by atoms with Crippen LogP contribution in [0.2, 0.25) is 5.02 Å². The van der Waals surface area contributed by atoms with E-state index in [4.69, 9.17) is 11.6 Å². The van der Waals surface area contributed by atoms with E-state index in [1.807, 2.05) is 49.4 Å². The Morgan fingerprint density at radius 2 is 1.66 bits per heavy atom. The maximum absolute atomic E-state index is 13.0. The van der Waals surface area contributed by atoms with Crippen molar-refractivity contribution in [3.8, 4) is 0 Å². The highest BCUT2D eigenvalue weighted by atomic mass is 35.5. The quantitative estimate of drug-likeness (QED) is 0.671. The predicted molar refractivity (Wildman–Crippen MR) is 115 cm³/mol. The molecule has 1 heterocycles. The van der Waals surface area contributed by atoms with E-state index < -0.39 is 10.2 Å². The van der Waals surface area contributed by atoms with Crippen molar-refractivity contribution >= 4 is 27.7 Å². The molecule has 2 aromatic carbocycles. The van der Waals surface area contributed by atoms with Crippen LogP contribution in [0.3, 0.4) is 0 Å². The maximum Gasteiger partial charge on any atom is 0.282 e. The number of amides is 1. The summed E-state index contributed by atoms with van der Waals surface area (Å²) in [6, 6.07) is 16.8. The molecular formula is C21H26ClN3O3S. The van der Waals surface area contributed by atoms with E-state index in [0.717, 1.165) is 11.1 Å². The average Bonchev–Trinajstić information content (AvgIpc) is 2.71. The molecule has 0 saturated carbocycles. The van der Waals surface area contributed by atoms with Crippen LogP contribution in [0.4, 0.5) is 0 Å².